The third-order valence-corrected chi connectivity index (χ3v) is 4.56. The van der Waals surface area contributed by atoms with Crippen LogP contribution in [0.2, 0.25) is 0 Å². The van der Waals surface area contributed by atoms with Gasteiger partial charge in [-0.2, -0.15) is 0 Å². The van der Waals surface area contributed by atoms with Gasteiger partial charge in [0.1, 0.15) is 5.69 Å². The van der Waals surface area contributed by atoms with Crippen LogP contribution >= 0.6 is 0 Å². The second-order valence-corrected chi connectivity index (χ2v) is 6.74. The molecule has 0 unspecified atom stereocenters. The molecule has 3 rings (SSSR count). The molecular formula is C20H26N4O. The van der Waals surface area contributed by atoms with Crippen molar-refractivity contribution < 1.29 is 4.79 Å². The molecule has 2 aromatic rings. The minimum absolute atomic E-state index is 0.0644. The Morgan fingerprint density at radius 1 is 1.08 bits per heavy atom. The molecule has 132 valence electrons. The highest BCUT2D eigenvalue weighted by Gasteiger charge is 2.19. The summed E-state index contributed by atoms with van der Waals surface area (Å²) in [5.74, 6) is 0.629. The van der Waals surface area contributed by atoms with Gasteiger partial charge in [0.2, 0.25) is 5.95 Å². The number of hydrogen-bond acceptors (Lipinski definition) is 4. The van der Waals surface area contributed by atoms with Crippen LogP contribution in [0.4, 0.5) is 5.95 Å². The van der Waals surface area contributed by atoms with E-state index >= 15 is 0 Å². The van der Waals surface area contributed by atoms with Crippen molar-refractivity contribution in [3.63, 3.8) is 0 Å². The lowest BCUT2D eigenvalue weighted by Crippen LogP contribution is -2.30. The van der Waals surface area contributed by atoms with Crippen molar-refractivity contribution in [1.82, 2.24) is 14.9 Å². The van der Waals surface area contributed by atoms with E-state index in [9.17, 15) is 4.79 Å². The minimum atomic E-state index is -0.0644. The smallest absolute Gasteiger partial charge is 0.272 e. The number of rotatable bonds is 4. The quantitative estimate of drug-likeness (QED) is 0.857. The van der Waals surface area contributed by atoms with E-state index in [4.69, 9.17) is 0 Å². The second-order valence-electron chi connectivity index (χ2n) is 6.74. The molecule has 0 aliphatic carbocycles. The molecule has 0 radical (unpaired) electrons. The van der Waals surface area contributed by atoms with Gasteiger partial charge in [-0.25, -0.2) is 9.97 Å². The van der Waals surface area contributed by atoms with E-state index in [-0.39, 0.29) is 5.91 Å². The maximum atomic E-state index is 12.8. The van der Waals surface area contributed by atoms with Crippen molar-refractivity contribution in [2.24, 2.45) is 0 Å². The predicted octanol–water partition coefficient (Wildman–Crippen LogP) is 3.44. The summed E-state index contributed by atoms with van der Waals surface area (Å²) in [5, 5.41) is 0. The van der Waals surface area contributed by atoms with Crippen molar-refractivity contribution in [2.75, 3.05) is 25.0 Å². The van der Waals surface area contributed by atoms with Gasteiger partial charge in [-0.3, -0.25) is 4.79 Å². The van der Waals surface area contributed by atoms with Gasteiger partial charge in [0.05, 0.1) is 0 Å². The van der Waals surface area contributed by atoms with Crippen molar-refractivity contribution in [3.8, 4) is 0 Å². The second kappa shape index (κ2) is 8.10. The van der Waals surface area contributed by atoms with Crippen LogP contribution in [0.3, 0.4) is 0 Å². The standard InChI is InChI=1S/C20H26N4O/c1-16-14-18(19(25)23(2)15-17-10-6-5-7-11-17)22-20(21-16)24-12-8-3-4-9-13-24/h5-7,10-11,14H,3-4,8-9,12-13,15H2,1-2H3. The summed E-state index contributed by atoms with van der Waals surface area (Å²) in [6.07, 6.45) is 4.84. The zero-order valence-electron chi connectivity index (χ0n) is 15.1. The van der Waals surface area contributed by atoms with Gasteiger partial charge in [-0.05, 0) is 31.4 Å². The molecule has 2 heterocycles. The molecule has 5 nitrogen and oxygen atoms in total. The van der Waals surface area contributed by atoms with Crippen LogP contribution in [0.15, 0.2) is 36.4 Å². The van der Waals surface area contributed by atoms with E-state index in [1.54, 1.807) is 11.0 Å². The van der Waals surface area contributed by atoms with E-state index in [0.717, 1.165) is 37.2 Å². The monoisotopic (exact) mass is 338 g/mol. The molecular weight excluding hydrogens is 312 g/mol. The molecule has 0 bridgehead atoms. The summed E-state index contributed by atoms with van der Waals surface area (Å²) >= 11 is 0. The Bertz CT molecular complexity index is 709. The molecule has 25 heavy (non-hydrogen) atoms. The first-order chi connectivity index (χ1) is 12.1. The Balaban J connectivity index is 1.77. The van der Waals surface area contributed by atoms with Crippen LogP contribution < -0.4 is 4.90 Å². The molecule has 0 atom stereocenters. The molecule has 0 spiro atoms. The lowest BCUT2D eigenvalue weighted by molar-refractivity contribution is 0.0779. The van der Waals surface area contributed by atoms with Crippen LogP contribution in [0.5, 0.6) is 0 Å². The maximum Gasteiger partial charge on any atom is 0.272 e. The van der Waals surface area contributed by atoms with E-state index in [0.29, 0.717) is 18.2 Å². The summed E-state index contributed by atoms with van der Waals surface area (Å²) < 4.78 is 0. The highest BCUT2D eigenvalue weighted by molar-refractivity contribution is 5.92. The molecule has 1 aromatic heterocycles. The SMILES string of the molecule is Cc1cc(C(=O)N(C)Cc2ccccc2)nc(N2CCCCCC2)n1. The number of nitrogens with zero attached hydrogens (tertiary/aromatic N) is 4. The van der Waals surface area contributed by atoms with Gasteiger partial charge in [-0.15, -0.1) is 0 Å². The van der Waals surface area contributed by atoms with Crippen molar-refractivity contribution in [1.29, 1.82) is 0 Å². The van der Waals surface area contributed by atoms with Crippen molar-refractivity contribution in [2.45, 2.75) is 39.2 Å². The molecule has 0 saturated carbocycles. The summed E-state index contributed by atoms with van der Waals surface area (Å²) in [5.41, 5.74) is 2.42. The van der Waals surface area contributed by atoms with E-state index < -0.39 is 0 Å². The fraction of sp³-hybridized carbons (Fsp3) is 0.450. The Hall–Kier alpha value is -2.43. The van der Waals surface area contributed by atoms with Gasteiger partial charge in [-0.1, -0.05) is 43.2 Å². The molecule has 5 heteroatoms. The lowest BCUT2D eigenvalue weighted by atomic mass is 10.2. The molecule has 1 aromatic carbocycles. The topological polar surface area (TPSA) is 49.3 Å². The Labute approximate surface area is 149 Å². The van der Waals surface area contributed by atoms with Gasteiger partial charge < -0.3 is 9.80 Å². The number of anilines is 1. The first-order valence-corrected chi connectivity index (χ1v) is 9.03. The predicted molar refractivity (Wildman–Crippen MR) is 99.7 cm³/mol. The Morgan fingerprint density at radius 2 is 1.76 bits per heavy atom. The normalized spacial score (nSPS) is 14.9. The zero-order chi connectivity index (χ0) is 17.6. The summed E-state index contributed by atoms with van der Waals surface area (Å²) in [4.78, 5) is 25.9. The Kier molecular flexibility index (Phi) is 5.64. The first kappa shape index (κ1) is 17.4. The van der Waals surface area contributed by atoms with Crippen LogP contribution in [-0.4, -0.2) is 40.9 Å². The van der Waals surface area contributed by atoms with E-state index in [1.165, 1.54) is 12.8 Å². The largest absolute Gasteiger partial charge is 0.341 e. The zero-order valence-corrected chi connectivity index (χ0v) is 15.1. The van der Waals surface area contributed by atoms with Crippen LogP contribution in [0.25, 0.3) is 0 Å². The van der Waals surface area contributed by atoms with Gasteiger partial charge >= 0.3 is 0 Å². The van der Waals surface area contributed by atoms with Gasteiger partial charge in [0.15, 0.2) is 0 Å². The van der Waals surface area contributed by atoms with Crippen molar-refractivity contribution >= 4 is 11.9 Å². The molecule has 1 aliphatic heterocycles. The van der Waals surface area contributed by atoms with Crippen LogP contribution in [0.1, 0.15) is 47.4 Å². The molecule has 1 fully saturated rings. The molecule has 1 aliphatic rings. The number of aromatic nitrogens is 2. The minimum Gasteiger partial charge on any atom is -0.341 e. The highest BCUT2D eigenvalue weighted by atomic mass is 16.2. The van der Waals surface area contributed by atoms with E-state index in [1.807, 2.05) is 44.3 Å². The number of amides is 1. The highest BCUT2D eigenvalue weighted by Crippen LogP contribution is 2.17. The third kappa shape index (κ3) is 4.56. The average molecular weight is 338 g/mol. The number of hydrogen-bond donors (Lipinski definition) is 0. The first-order valence-electron chi connectivity index (χ1n) is 9.03. The molecule has 1 amide bonds. The summed E-state index contributed by atoms with van der Waals surface area (Å²) in [6, 6.07) is 11.8. The van der Waals surface area contributed by atoms with Gasteiger partial charge in [0, 0.05) is 32.4 Å². The fourth-order valence-corrected chi connectivity index (χ4v) is 3.20. The van der Waals surface area contributed by atoms with Crippen molar-refractivity contribution in [3.05, 3.63) is 53.3 Å². The lowest BCUT2D eigenvalue weighted by Gasteiger charge is -2.22. The summed E-state index contributed by atoms with van der Waals surface area (Å²) in [6.45, 7) is 4.44. The number of benzene rings is 1. The fourth-order valence-electron chi connectivity index (χ4n) is 3.20. The number of carbonyl (C=O) groups is 1. The number of aryl methyl sites for hydroxylation is 1. The summed E-state index contributed by atoms with van der Waals surface area (Å²) in [7, 11) is 1.82. The van der Waals surface area contributed by atoms with E-state index in [2.05, 4.69) is 14.9 Å². The maximum absolute atomic E-state index is 12.8. The Morgan fingerprint density at radius 3 is 2.44 bits per heavy atom. The van der Waals surface area contributed by atoms with Crippen LogP contribution in [0, 0.1) is 6.92 Å². The molecule has 1 saturated heterocycles. The third-order valence-electron chi connectivity index (χ3n) is 4.56. The number of carbonyl (C=O) groups excluding carboxylic acids is 1. The van der Waals surface area contributed by atoms with Gasteiger partial charge in [0.25, 0.3) is 5.91 Å². The average Bonchev–Trinajstić information content (AvgIpc) is 2.91. The molecule has 0 N–H and O–H groups in total. The van der Waals surface area contributed by atoms with Crippen LogP contribution in [-0.2, 0) is 6.54 Å².